The normalized spacial score (nSPS) is 15.9. The van der Waals surface area contributed by atoms with Gasteiger partial charge in [0.2, 0.25) is 0 Å². The van der Waals surface area contributed by atoms with E-state index in [0.29, 0.717) is 0 Å². The van der Waals surface area contributed by atoms with E-state index in [1.165, 1.54) is 0 Å². The van der Waals surface area contributed by atoms with E-state index < -0.39 is 0 Å². The zero-order valence-corrected chi connectivity index (χ0v) is 17.1. The predicted octanol–water partition coefficient (Wildman–Crippen LogP) is 4.48. The van der Waals surface area contributed by atoms with Gasteiger partial charge in [-0.3, -0.25) is 0 Å². The molecule has 0 spiro atoms. The third kappa shape index (κ3) is 3.47. The van der Waals surface area contributed by atoms with Crippen LogP contribution in [0.15, 0.2) is 61.2 Å². The summed E-state index contributed by atoms with van der Waals surface area (Å²) in [5.74, 6) is 3.69. The Bertz CT molecular complexity index is 1450. The van der Waals surface area contributed by atoms with Crippen molar-refractivity contribution in [1.29, 1.82) is 0 Å². The summed E-state index contributed by atoms with van der Waals surface area (Å²) in [4.78, 5) is 31.0. The fourth-order valence-corrected chi connectivity index (χ4v) is 3.95. The Kier molecular flexibility index (Phi) is 4.39. The molecule has 8 heteroatoms. The van der Waals surface area contributed by atoms with Crippen LogP contribution in [0.1, 0.15) is 34.8 Å². The summed E-state index contributed by atoms with van der Waals surface area (Å²) < 4.78 is 0. The van der Waals surface area contributed by atoms with Crippen LogP contribution < -0.4 is 0 Å². The van der Waals surface area contributed by atoms with Crippen molar-refractivity contribution in [2.75, 3.05) is 0 Å². The Morgan fingerprint density at radius 3 is 2.56 bits per heavy atom. The van der Waals surface area contributed by atoms with Gasteiger partial charge < -0.3 is 19.9 Å². The van der Waals surface area contributed by atoms with Gasteiger partial charge in [-0.2, -0.15) is 0 Å². The van der Waals surface area contributed by atoms with Crippen LogP contribution in [0.25, 0.3) is 40.6 Å². The number of rotatable bonds is 5. The number of aromatic nitrogens is 8. The summed E-state index contributed by atoms with van der Waals surface area (Å²) in [5, 5.41) is 0. The van der Waals surface area contributed by atoms with Crippen LogP contribution >= 0.6 is 0 Å². The second-order valence-electron chi connectivity index (χ2n) is 7.64. The molecule has 0 saturated carbocycles. The maximum absolute atomic E-state index is 4.65. The van der Waals surface area contributed by atoms with Gasteiger partial charge >= 0.3 is 0 Å². The number of hydrogen-bond donors (Lipinski definition) is 4. The zero-order chi connectivity index (χ0) is 21.3. The molecule has 156 valence electrons. The molecule has 0 amide bonds. The lowest BCUT2D eigenvalue weighted by atomic mass is 9.96. The Morgan fingerprint density at radius 2 is 1.75 bits per heavy atom. The van der Waals surface area contributed by atoms with Crippen LogP contribution in [0.5, 0.6) is 0 Å². The smallest absolute Gasteiger partial charge is 0.137 e. The molecule has 1 aromatic carbocycles. The van der Waals surface area contributed by atoms with Gasteiger partial charge in [0, 0.05) is 48.4 Å². The molecule has 5 aromatic rings. The van der Waals surface area contributed by atoms with Crippen molar-refractivity contribution in [1.82, 2.24) is 39.9 Å². The molecule has 4 N–H and O–H groups in total. The third-order valence-electron chi connectivity index (χ3n) is 5.50. The van der Waals surface area contributed by atoms with Crippen molar-refractivity contribution in [3.05, 3.63) is 90.1 Å². The standard InChI is InChI=1S/C24H20N8/c1(3-21-29-17-7-5-15(13-19(17)31-21)23-25-9-10-26-23)2-4-22-30-18-8-6-16(14-20(18)32-22)24-27-11-12-28-24/h1-13,16H,14H2,(H,25,26)(H,27,28)(H,29,31)(H,30,32)/b3-1+,4-2+. The predicted molar refractivity (Wildman–Crippen MR) is 124 cm³/mol. The van der Waals surface area contributed by atoms with E-state index >= 15 is 0 Å². The minimum atomic E-state index is 0.246. The van der Waals surface area contributed by atoms with Gasteiger partial charge in [0.15, 0.2) is 0 Å². The van der Waals surface area contributed by atoms with Gasteiger partial charge in [-0.25, -0.2) is 19.9 Å². The number of aromatic amines is 4. The summed E-state index contributed by atoms with van der Waals surface area (Å²) in [6, 6.07) is 6.05. The fraction of sp³-hybridized carbons (Fsp3) is 0.0833. The largest absolute Gasteiger partial charge is 0.348 e. The molecular formula is C24H20N8. The van der Waals surface area contributed by atoms with Crippen LogP contribution in [-0.4, -0.2) is 39.9 Å². The van der Waals surface area contributed by atoms with E-state index in [4.69, 9.17) is 0 Å². The van der Waals surface area contributed by atoms with Crippen LogP contribution in [0.4, 0.5) is 0 Å². The summed E-state index contributed by atoms with van der Waals surface area (Å²) in [6.07, 6.45) is 20.1. The van der Waals surface area contributed by atoms with Crippen LogP contribution in [0.2, 0.25) is 0 Å². The Balaban J connectivity index is 1.15. The first-order valence-corrected chi connectivity index (χ1v) is 10.4. The molecule has 0 aliphatic heterocycles. The molecule has 0 radical (unpaired) electrons. The molecule has 0 saturated heterocycles. The molecule has 1 atom stereocenters. The van der Waals surface area contributed by atoms with Gasteiger partial charge in [-0.05, 0) is 36.4 Å². The number of imidazole rings is 4. The first kappa shape index (κ1) is 18.3. The number of fused-ring (bicyclic) bond motifs is 2. The molecule has 32 heavy (non-hydrogen) atoms. The highest BCUT2D eigenvalue weighted by Gasteiger charge is 2.19. The average Bonchev–Trinajstić information content (AvgIpc) is 3.61. The second kappa shape index (κ2) is 7.66. The maximum atomic E-state index is 4.65. The van der Waals surface area contributed by atoms with Crippen LogP contribution in [0.3, 0.4) is 0 Å². The molecule has 0 fully saturated rings. The molecule has 1 unspecified atom stereocenters. The Labute approximate surface area is 183 Å². The first-order valence-electron chi connectivity index (χ1n) is 10.4. The van der Waals surface area contributed by atoms with Gasteiger partial charge in [0.1, 0.15) is 23.3 Å². The highest BCUT2D eigenvalue weighted by Crippen LogP contribution is 2.27. The maximum Gasteiger partial charge on any atom is 0.137 e. The summed E-state index contributed by atoms with van der Waals surface area (Å²) in [5.41, 5.74) is 5.02. The SMILES string of the molecule is C1=CC(c2ncc[nH]2)Cc2[nH]c(/C=C/C=C/c3nc4ccc(-c5ncc[nH]5)cc4[nH]3)nc21. The number of allylic oxidation sites excluding steroid dienone is 3. The molecule has 6 rings (SSSR count). The summed E-state index contributed by atoms with van der Waals surface area (Å²) in [6.45, 7) is 0. The highest BCUT2D eigenvalue weighted by molar-refractivity contribution is 5.81. The second-order valence-corrected chi connectivity index (χ2v) is 7.64. The van der Waals surface area contributed by atoms with E-state index in [9.17, 15) is 0 Å². The van der Waals surface area contributed by atoms with E-state index in [1.807, 2.05) is 54.9 Å². The van der Waals surface area contributed by atoms with E-state index in [-0.39, 0.29) is 5.92 Å². The number of H-pyrrole nitrogens is 4. The number of benzene rings is 1. The van der Waals surface area contributed by atoms with E-state index in [1.54, 1.807) is 12.4 Å². The monoisotopic (exact) mass is 420 g/mol. The van der Waals surface area contributed by atoms with E-state index in [0.717, 1.165) is 57.7 Å². The zero-order valence-electron chi connectivity index (χ0n) is 17.1. The molecule has 8 nitrogen and oxygen atoms in total. The minimum Gasteiger partial charge on any atom is -0.348 e. The first-order chi connectivity index (χ1) is 15.8. The lowest BCUT2D eigenvalue weighted by Gasteiger charge is -2.13. The van der Waals surface area contributed by atoms with Gasteiger partial charge in [0.25, 0.3) is 0 Å². The van der Waals surface area contributed by atoms with E-state index in [2.05, 4.69) is 52.0 Å². The highest BCUT2D eigenvalue weighted by atomic mass is 14.9. The summed E-state index contributed by atoms with van der Waals surface area (Å²) in [7, 11) is 0. The molecular weight excluding hydrogens is 400 g/mol. The fourth-order valence-electron chi connectivity index (χ4n) is 3.95. The van der Waals surface area contributed by atoms with Crippen molar-refractivity contribution in [3.8, 4) is 11.4 Å². The molecule has 4 aromatic heterocycles. The quantitative estimate of drug-likeness (QED) is 0.314. The topological polar surface area (TPSA) is 115 Å². The van der Waals surface area contributed by atoms with Gasteiger partial charge in [-0.15, -0.1) is 0 Å². The lowest BCUT2D eigenvalue weighted by Crippen LogP contribution is -2.07. The molecule has 0 bridgehead atoms. The number of nitrogens with one attached hydrogen (secondary N) is 4. The van der Waals surface area contributed by atoms with Crippen molar-refractivity contribution < 1.29 is 0 Å². The summed E-state index contributed by atoms with van der Waals surface area (Å²) >= 11 is 0. The van der Waals surface area contributed by atoms with Crippen molar-refractivity contribution in [2.45, 2.75) is 12.3 Å². The third-order valence-corrected chi connectivity index (χ3v) is 5.50. The lowest BCUT2D eigenvalue weighted by molar-refractivity contribution is 0.755. The molecule has 1 aliphatic carbocycles. The van der Waals surface area contributed by atoms with Crippen molar-refractivity contribution in [3.63, 3.8) is 0 Å². The molecule has 1 aliphatic rings. The Morgan fingerprint density at radius 1 is 0.906 bits per heavy atom. The van der Waals surface area contributed by atoms with Crippen LogP contribution in [-0.2, 0) is 6.42 Å². The number of nitrogens with zero attached hydrogens (tertiary/aromatic N) is 4. The Hall–Kier alpha value is -4.46. The molecule has 4 heterocycles. The van der Waals surface area contributed by atoms with Crippen molar-refractivity contribution in [2.24, 2.45) is 0 Å². The van der Waals surface area contributed by atoms with Crippen LogP contribution in [0, 0.1) is 0 Å². The minimum absolute atomic E-state index is 0.246. The number of hydrogen-bond acceptors (Lipinski definition) is 4. The van der Waals surface area contributed by atoms with Gasteiger partial charge in [0.05, 0.1) is 16.7 Å². The average molecular weight is 420 g/mol. The van der Waals surface area contributed by atoms with Crippen molar-refractivity contribution >= 4 is 29.3 Å². The van der Waals surface area contributed by atoms with Gasteiger partial charge in [-0.1, -0.05) is 18.2 Å².